The average Bonchev–Trinajstić information content (AvgIpc) is 2.97. The van der Waals surface area contributed by atoms with Gasteiger partial charge in [-0.15, -0.1) is 0 Å². The fraction of sp³-hybridized carbons (Fsp3) is 0.333. The van der Waals surface area contributed by atoms with Gasteiger partial charge in [-0.1, -0.05) is 30.3 Å². The normalized spacial score (nSPS) is 18.4. The van der Waals surface area contributed by atoms with Crippen LogP contribution in [0.5, 0.6) is 0 Å². The van der Waals surface area contributed by atoms with Gasteiger partial charge in [0, 0.05) is 6.54 Å². The number of hydrogen-bond acceptors (Lipinski definition) is 5. The highest BCUT2D eigenvalue weighted by atomic mass is 32.2. The number of rotatable bonds is 5. The van der Waals surface area contributed by atoms with Crippen molar-refractivity contribution in [2.24, 2.45) is 0 Å². The first kappa shape index (κ1) is 15.7. The van der Waals surface area contributed by atoms with Crippen LogP contribution in [0.25, 0.3) is 0 Å². The SMILES string of the molecule is CCOC(=O)c1cn[nH]c1S(=O)(=O)N1CC[C@@H]1c1ccccc1. The number of carbonyl (C=O) groups is 1. The largest absolute Gasteiger partial charge is 0.462 e. The molecule has 3 rings (SSSR count). The molecule has 0 bridgehead atoms. The molecule has 0 amide bonds. The Kier molecular flexibility index (Phi) is 4.18. The standard InChI is InChI=1S/C15H17N3O4S/c1-2-22-15(19)12-10-16-17-14(12)23(20,21)18-9-8-13(18)11-6-4-3-5-7-11/h3-7,10,13H,2,8-9H2,1H3,(H,16,17)/t13-/m1/s1. The number of benzene rings is 1. The number of hydrogen-bond donors (Lipinski definition) is 1. The summed E-state index contributed by atoms with van der Waals surface area (Å²) in [4.78, 5) is 11.9. The second-order valence-corrected chi connectivity index (χ2v) is 6.99. The summed E-state index contributed by atoms with van der Waals surface area (Å²) in [6.45, 7) is 2.23. The lowest BCUT2D eigenvalue weighted by atomic mass is 9.98. The maximum Gasteiger partial charge on any atom is 0.342 e. The van der Waals surface area contributed by atoms with Crippen molar-refractivity contribution in [3.63, 3.8) is 0 Å². The van der Waals surface area contributed by atoms with Crippen molar-refractivity contribution in [2.75, 3.05) is 13.2 Å². The zero-order valence-electron chi connectivity index (χ0n) is 12.6. The molecule has 1 N–H and O–H groups in total. The summed E-state index contributed by atoms with van der Waals surface area (Å²) in [5.41, 5.74) is 0.866. The second-order valence-electron chi connectivity index (χ2n) is 5.16. The molecule has 1 aromatic carbocycles. The zero-order chi connectivity index (χ0) is 16.4. The molecule has 7 nitrogen and oxygen atoms in total. The minimum absolute atomic E-state index is 0.0643. The summed E-state index contributed by atoms with van der Waals surface area (Å²) >= 11 is 0. The quantitative estimate of drug-likeness (QED) is 0.840. The molecule has 2 aromatic rings. The summed E-state index contributed by atoms with van der Waals surface area (Å²) in [6, 6.07) is 9.20. The Morgan fingerprint density at radius 2 is 2.13 bits per heavy atom. The first-order valence-electron chi connectivity index (χ1n) is 7.33. The lowest BCUT2D eigenvalue weighted by Crippen LogP contribution is -2.45. The van der Waals surface area contributed by atoms with Gasteiger partial charge in [-0.3, -0.25) is 5.10 Å². The van der Waals surface area contributed by atoms with E-state index in [4.69, 9.17) is 4.74 Å². The predicted octanol–water partition coefficient (Wildman–Crippen LogP) is 1.72. The maximum absolute atomic E-state index is 12.8. The van der Waals surface area contributed by atoms with Crippen molar-refractivity contribution >= 4 is 16.0 Å². The average molecular weight is 335 g/mol. The van der Waals surface area contributed by atoms with Gasteiger partial charge in [-0.25, -0.2) is 13.2 Å². The number of nitrogens with zero attached hydrogens (tertiary/aromatic N) is 2. The summed E-state index contributed by atoms with van der Waals surface area (Å²) in [5, 5.41) is 5.91. The van der Waals surface area contributed by atoms with Crippen LogP contribution >= 0.6 is 0 Å². The number of esters is 1. The van der Waals surface area contributed by atoms with Crippen molar-refractivity contribution in [2.45, 2.75) is 24.4 Å². The smallest absolute Gasteiger partial charge is 0.342 e. The molecule has 1 saturated heterocycles. The number of carbonyl (C=O) groups excluding carboxylic acids is 1. The van der Waals surface area contributed by atoms with Crippen LogP contribution in [0.2, 0.25) is 0 Å². The highest BCUT2D eigenvalue weighted by molar-refractivity contribution is 7.89. The monoisotopic (exact) mass is 335 g/mol. The molecule has 0 saturated carbocycles. The molecular weight excluding hydrogens is 318 g/mol. The number of H-pyrrole nitrogens is 1. The van der Waals surface area contributed by atoms with E-state index in [2.05, 4.69) is 10.2 Å². The molecular formula is C15H17N3O4S. The van der Waals surface area contributed by atoms with E-state index in [0.29, 0.717) is 6.54 Å². The van der Waals surface area contributed by atoms with Crippen LogP contribution in [0.1, 0.15) is 35.3 Å². The molecule has 0 spiro atoms. The van der Waals surface area contributed by atoms with Crippen LogP contribution < -0.4 is 0 Å². The van der Waals surface area contributed by atoms with Crippen LogP contribution in [0.3, 0.4) is 0 Å². The van der Waals surface area contributed by atoms with Gasteiger partial charge >= 0.3 is 5.97 Å². The Morgan fingerprint density at radius 1 is 1.39 bits per heavy atom. The first-order valence-corrected chi connectivity index (χ1v) is 8.77. The van der Waals surface area contributed by atoms with Crippen molar-refractivity contribution in [3.8, 4) is 0 Å². The van der Waals surface area contributed by atoms with Crippen molar-refractivity contribution in [1.82, 2.24) is 14.5 Å². The van der Waals surface area contributed by atoms with Gasteiger partial charge in [0.25, 0.3) is 10.0 Å². The summed E-state index contributed by atoms with van der Waals surface area (Å²) < 4.78 is 31.9. The Morgan fingerprint density at radius 3 is 2.74 bits per heavy atom. The lowest BCUT2D eigenvalue weighted by molar-refractivity contribution is 0.0521. The Balaban J connectivity index is 1.91. The Bertz CT molecular complexity index is 801. The third-order valence-electron chi connectivity index (χ3n) is 3.82. The fourth-order valence-electron chi connectivity index (χ4n) is 2.60. The molecule has 0 aliphatic carbocycles. The number of aromatic amines is 1. The number of aromatic nitrogens is 2. The molecule has 0 radical (unpaired) electrons. The Hall–Kier alpha value is -2.19. The maximum atomic E-state index is 12.8. The van der Waals surface area contributed by atoms with Gasteiger partial charge in [0.1, 0.15) is 5.56 Å². The molecule has 1 aromatic heterocycles. The van der Waals surface area contributed by atoms with Crippen LogP contribution in [0, 0.1) is 0 Å². The molecule has 1 fully saturated rings. The van der Waals surface area contributed by atoms with Crippen LogP contribution in [0.15, 0.2) is 41.6 Å². The highest BCUT2D eigenvalue weighted by Gasteiger charge is 2.42. The third-order valence-corrected chi connectivity index (χ3v) is 5.70. The van der Waals surface area contributed by atoms with Crippen LogP contribution in [0.4, 0.5) is 0 Å². The van der Waals surface area contributed by atoms with Crippen molar-refractivity contribution in [3.05, 3.63) is 47.7 Å². The third kappa shape index (κ3) is 2.75. The molecule has 23 heavy (non-hydrogen) atoms. The van der Waals surface area contributed by atoms with E-state index in [-0.39, 0.29) is 23.2 Å². The fourth-order valence-corrected chi connectivity index (χ4v) is 4.33. The summed E-state index contributed by atoms with van der Waals surface area (Å²) in [7, 11) is -3.84. The number of sulfonamides is 1. The molecule has 1 aliphatic heterocycles. The summed E-state index contributed by atoms with van der Waals surface area (Å²) in [6.07, 6.45) is 1.92. The van der Waals surface area contributed by atoms with E-state index in [9.17, 15) is 13.2 Å². The van der Waals surface area contributed by atoms with Gasteiger partial charge in [0.05, 0.1) is 18.8 Å². The van der Waals surface area contributed by atoms with Crippen LogP contribution in [-0.2, 0) is 14.8 Å². The van der Waals surface area contributed by atoms with E-state index in [1.807, 2.05) is 30.3 Å². The summed E-state index contributed by atoms with van der Waals surface area (Å²) in [5.74, 6) is -0.698. The van der Waals surface area contributed by atoms with Crippen LogP contribution in [-0.4, -0.2) is 42.0 Å². The van der Waals surface area contributed by atoms with Gasteiger partial charge in [-0.2, -0.15) is 9.40 Å². The number of ether oxygens (including phenoxy) is 1. The molecule has 8 heteroatoms. The molecule has 1 atom stereocenters. The van der Waals surface area contributed by atoms with Gasteiger partial charge < -0.3 is 4.74 Å². The van der Waals surface area contributed by atoms with E-state index < -0.39 is 16.0 Å². The van der Waals surface area contributed by atoms with Crippen molar-refractivity contribution in [1.29, 1.82) is 0 Å². The molecule has 1 aliphatic rings. The molecule has 2 heterocycles. The van der Waals surface area contributed by atoms with Gasteiger partial charge in [0.15, 0.2) is 5.03 Å². The Labute approximate surface area is 134 Å². The minimum atomic E-state index is -3.84. The van der Waals surface area contributed by atoms with E-state index in [1.165, 1.54) is 10.5 Å². The van der Waals surface area contributed by atoms with E-state index in [1.54, 1.807) is 6.92 Å². The lowest BCUT2D eigenvalue weighted by Gasteiger charge is -2.39. The minimum Gasteiger partial charge on any atom is -0.462 e. The van der Waals surface area contributed by atoms with Gasteiger partial charge in [0.2, 0.25) is 0 Å². The molecule has 122 valence electrons. The topological polar surface area (TPSA) is 92.4 Å². The van der Waals surface area contributed by atoms with Gasteiger partial charge in [-0.05, 0) is 18.9 Å². The zero-order valence-corrected chi connectivity index (χ0v) is 13.4. The van der Waals surface area contributed by atoms with E-state index in [0.717, 1.165) is 12.0 Å². The highest BCUT2D eigenvalue weighted by Crippen LogP contribution is 2.38. The predicted molar refractivity (Wildman–Crippen MR) is 82.2 cm³/mol. The van der Waals surface area contributed by atoms with Crippen molar-refractivity contribution < 1.29 is 17.9 Å². The number of nitrogens with one attached hydrogen (secondary N) is 1. The first-order chi connectivity index (χ1) is 11.1. The molecule has 0 unspecified atom stereocenters. The second kappa shape index (κ2) is 6.13. The van der Waals surface area contributed by atoms with E-state index >= 15 is 0 Å².